The van der Waals surface area contributed by atoms with Crippen LogP contribution in [-0.4, -0.2) is 50.5 Å². The molecule has 7 nitrogen and oxygen atoms in total. The second-order valence-corrected chi connectivity index (χ2v) is 10.3. The third-order valence-corrected chi connectivity index (χ3v) is 6.74. The van der Waals surface area contributed by atoms with Crippen molar-refractivity contribution in [3.63, 3.8) is 0 Å². The Hall–Kier alpha value is -2.87. The topological polar surface area (TPSA) is 86.8 Å². The number of sulfonamides is 1. The molecular weight excluding hydrogens is 438 g/mol. The fourth-order valence-corrected chi connectivity index (χ4v) is 4.26. The van der Waals surface area contributed by atoms with Crippen molar-refractivity contribution in [2.45, 2.75) is 53.1 Å². The summed E-state index contributed by atoms with van der Waals surface area (Å²) in [5, 5.41) is 2.88. The zero-order chi connectivity index (χ0) is 24.6. The molecule has 2 amide bonds. The van der Waals surface area contributed by atoms with E-state index in [-0.39, 0.29) is 19.0 Å². The number of carbonyl (C=O) groups is 2. The molecule has 0 radical (unpaired) electrons. The molecule has 0 saturated heterocycles. The summed E-state index contributed by atoms with van der Waals surface area (Å²) < 4.78 is 26.2. The number of nitrogens with zero attached hydrogens (tertiary/aromatic N) is 2. The molecule has 8 heteroatoms. The predicted octanol–water partition coefficient (Wildman–Crippen LogP) is 3.40. The number of carbonyl (C=O) groups excluding carboxylic acids is 2. The molecule has 0 aromatic heterocycles. The van der Waals surface area contributed by atoms with Gasteiger partial charge in [-0.05, 0) is 50.5 Å². The van der Waals surface area contributed by atoms with Gasteiger partial charge < -0.3 is 10.2 Å². The lowest BCUT2D eigenvalue weighted by Crippen LogP contribution is -2.51. The Bertz CT molecular complexity index is 1050. The first-order chi connectivity index (χ1) is 15.5. The van der Waals surface area contributed by atoms with E-state index >= 15 is 0 Å². The lowest BCUT2D eigenvalue weighted by atomic mass is 10.1. The van der Waals surface area contributed by atoms with Crippen LogP contribution in [0.25, 0.3) is 0 Å². The number of benzene rings is 2. The summed E-state index contributed by atoms with van der Waals surface area (Å²) in [6.07, 6.45) is 2.87. The Kier molecular flexibility index (Phi) is 9.46. The van der Waals surface area contributed by atoms with Crippen LogP contribution in [0.4, 0.5) is 5.69 Å². The summed E-state index contributed by atoms with van der Waals surface area (Å²) >= 11 is 0. The van der Waals surface area contributed by atoms with Gasteiger partial charge in [-0.25, -0.2) is 8.42 Å². The van der Waals surface area contributed by atoms with E-state index in [0.717, 1.165) is 40.1 Å². The van der Waals surface area contributed by atoms with Gasteiger partial charge in [0.25, 0.3) is 0 Å². The van der Waals surface area contributed by atoms with Gasteiger partial charge in [0.15, 0.2) is 0 Å². The van der Waals surface area contributed by atoms with E-state index in [1.165, 1.54) is 4.90 Å². The van der Waals surface area contributed by atoms with E-state index in [2.05, 4.69) is 5.32 Å². The smallest absolute Gasteiger partial charge is 0.244 e. The second kappa shape index (κ2) is 11.8. The summed E-state index contributed by atoms with van der Waals surface area (Å²) in [6.45, 7) is 7.91. The molecular formula is C25H35N3O4S. The molecule has 1 N–H and O–H groups in total. The molecule has 2 aromatic carbocycles. The summed E-state index contributed by atoms with van der Waals surface area (Å²) in [5.41, 5.74) is 3.29. The molecule has 180 valence electrons. The SMILES string of the molecule is CCCCNC(=O)C(C)N(Cc1ccccc1C)C(=O)CN(c1ccc(C)cc1)S(C)(=O)=O. The van der Waals surface area contributed by atoms with E-state index in [4.69, 9.17) is 0 Å². The average molecular weight is 474 g/mol. The first-order valence-electron chi connectivity index (χ1n) is 11.2. The molecule has 1 atom stereocenters. The van der Waals surface area contributed by atoms with Crippen molar-refractivity contribution in [2.75, 3.05) is 23.7 Å². The highest BCUT2D eigenvalue weighted by molar-refractivity contribution is 7.92. The minimum Gasteiger partial charge on any atom is -0.354 e. The van der Waals surface area contributed by atoms with Gasteiger partial charge in [0, 0.05) is 13.1 Å². The minimum atomic E-state index is -3.72. The Morgan fingerprint density at radius 1 is 1.03 bits per heavy atom. The van der Waals surface area contributed by atoms with Gasteiger partial charge in [-0.3, -0.25) is 13.9 Å². The second-order valence-electron chi connectivity index (χ2n) is 8.37. The number of hydrogen-bond donors (Lipinski definition) is 1. The highest BCUT2D eigenvalue weighted by Crippen LogP contribution is 2.20. The van der Waals surface area contributed by atoms with Gasteiger partial charge in [0.05, 0.1) is 11.9 Å². The van der Waals surface area contributed by atoms with Crippen LogP contribution in [0, 0.1) is 13.8 Å². The zero-order valence-corrected chi connectivity index (χ0v) is 21.0. The fourth-order valence-electron chi connectivity index (χ4n) is 3.41. The summed E-state index contributed by atoms with van der Waals surface area (Å²) in [5.74, 6) is -0.700. The van der Waals surface area contributed by atoms with Crippen molar-refractivity contribution >= 4 is 27.5 Å². The Labute approximate surface area is 197 Å². The number of nitrogens with one attached hydrogen (secondary N) is 1. The molecule has 0 heterocycles. The number of rotatable bonds is 11. The Balaban J connectivity index is 2.35. The molecule has 0 aliphatic heterocycles. The van der Waals surface area contributed by atoms with E-state index in [1.54, 1.807) is 31.2 Å². The van der Waals surface area contributed by atoms with E-state index in [9.17, 15) is 18.0 Å². The maximum atomic E-state index is 13.5. The van der Waals surface area contributed by atoms with Crippen LogP contribution in [0.15, 0.2) is 48.5 Å². The Morgan fingerprint density at radius 3 is 2.24 bits per heavy atom. The van der Waals surface area contributed by atoms with Crippen LogP contribution in [-0.2, 0) is 26.2 Å². The van der Waals surface area contributed by atoms with Crippen molar-refractivity contribution in [2.24, 2.45) is 0 Å². The van der Waals surface area contributed by atoms with Crippen LogP contribution in [0.2, 0.25) is 0 Å². The average Bonchev–Trinajstić information content (AvgIpc) is 2.76. The number of hydrogen-bond acceptors (Lipinski definition) is 4. The molecule has 0 bridgehead atoms. The van der Waals surface area contributed by atoms with Crippen molar-refractivity contribution in [1.29, 1.82) is 0 Å². The standard InChI is InChI=1S/C25H35N3O4S/c1-6-7-16-26-25(30)21(4)27(17-22-11-9-8-10-20(22)3)24(29)18-28(33(5,31)32)23-14-12-19(2)13-15-23/h8-15,21H,6-7,16-18H2,1-5H3,(H,26,30). The number of aryl methyl sites for hydroxylation is 2. The minimum absolute atomic E-state index is 0.208. The fraction of sp³-hybridized carbons (Fsp3) is 0.440. The molecule has 1 unspecified atom stereocenters. The van der Waals surface area contributed by atoms with Crippen molar-refractivity contribution in [3.8, 4) is 0 Å². The maximum absolute atomic E-state index is 13.5. The van der Waals surface area contributed by atoms with Gasteiger partial charge in [0.1, 0.15) is 12.6 Å². The monoisotopic (exact) mass is 473 g/mol. The van der Waals surface area contributed by atoms with Crippen molar-refractivity contribution in [3.05, 3.63) is 65.2 Å². The van der Waals surface area contributed by atoms with Crippen LogP contribution < -0.4 is 9.62 Å². The van der Waals surface area contributed by atoms with Crippen molar-refractivity contribution < 1.29 is 18.0 Å². The normalized spacial score (nSPS) is 12.2. The lowest BCUT2D eigenvalue weighted by Gasteiger charge is -2.32. The Morgan fingerprint density at radius 2 is 1.67 bits per heavy atom. The van der Waals surface area contributed by atoms with Crippen LogP contribution in [0.1, 0.15) is 43.4 Å². The van der Waals surface area contributed by atoms with E-state index in [1.807, 2.05) is 45.0 Å². The van der Waals surface area contributed by atoms with E-state index in [0.29, 0.717) is 12.2 Å². The van der Waals surface area contributed by atoms with Crippen molar-refractivity contribution in [1.82, 2.24) is 10.2 Å². The van der Waals surface area contributed by atoms with Gasteiger partial charge in [-0.15, -0.1) is 0 Å². The largest absolute Gasteiger partial charge is 0.354 e. The van der Waals surface area contributed by atoms with Gasteiger partial charge in [-0.1, -0.05) is 55.3 Å². The van der Waals surface area contributed by atoms with Crippen LogP contribution in [0.3, 0.4) is 0 Å². The summed E-state index contributed by atoms with van der Waals surface area (Å²) in [4.78, 5) is 27.7. The first-order valence-corrected chi connectivity index (χ1v) is 13.1. The highest BCUT2D eigenvalue weighted by atomic mass is 32.2. The van der Waals surface area contributed by atoms with Crippen LogP contribution >= 0.6 is 0 Å². The van der Waals surface area contributed by atoms with Gasteiger partial charge in [0.2, 0.25) is 21.8 Å². The maximum Gasteiger partial charge on any atom is 0.244 e. The third kappa shape index (κ3) is 7.60. The molecule has 0 spiro atoms. The third-order valence-electron chi connectivity index (χ3n) is 5.60. The molecule has 0 aliphatic rings. The van der Waals surface area contributed by atoms with Gasteiger partial charge in [-0.2, -0.15) is 0 Å². The number of anilines is 1. The highest BCUT2D eigenvalue weighted by Gasteiger charge is 2.30. The van der Waals surface area contributed by atoms with Crippen LogP contribution in [0.5, 0.6) is 0 Å². The molecule has 33 heavy (non-hydrogen) atoms. The molecule has 2 rings (SSSR count). The summed E-state index contributed by atoms with van der Waals surface area (Å²) in [6, 6.07) is 13.8. The molecule has 0 fully saturated rings. The zero-order valence-electron chi connectivity index (χ0n) is 20.2. The van der Waals surface area contributed by atoms with E-state index < -0.39 is 22.0 Å². The lowest BCUT2D eigenvalue weighted by molar-refractivity contribution is -0.139. The molecule has 0 aliphatic carbocycles. The molecule has 0 saturated carbocycles. The van der Waals surface area contributed by atoms with Gasteiger partial charge >= 0.3 is 0 Å². The first kappa shape index (κ1) is 26.4. The predicted molar refractivity (Wildman–Crippen MR) is 132 cm³/mol. The number of amides is 2. The summed E-state index contributed by atoms with van der Waals surface area (Å²) in [7, 11) is -3.72. The molecule has 2 aromatic rings. The number of unbranched alkanes of at least 4 members (excludes halogenated alkanes) is 1. The quantitative estimate of drug-likeness (QED) is 0.507.